The molecule has 0 spiro atoms. The van der Waals surface area contributed by atoms with E-state index >= 15 is 0 Å². The van der Waals surface area contributed by atoms with Gasteiger partial charge in [-0.15, -0.1) is 0 Å². The average Bonchev–Trinajstić information content (AvgIpc) is 2.79. The first kappa shape index (κ1) is 20.1. The number of amides is 2. The second-order valence-corrected chi connectivity index (χ2v) is 8.09. The van der Waals surface area contributed by atoms with Gasteiger partial charge in [-0.05, 0) is 48.9 Å². The molecule has 0 aromatic heterocycles. The number of hydrogen-bond acceptors (Lipinski definition) is 3. The van der Waals surface area contributed by atoms with E-state index in [0.29, 0.717) is 31.5 Å². The lowest BCUT2D eigenvalue weighted by atomic mass is 9.76. The maximum Gasteiger partial charge on any atom is 0.310 e. The Kier molecular flexibility index (Phi) is 5.84. The second-order valence-electron chi connectivity index (χ2n) is 8.09. The normalized spacial score (nSPS) is 21.5. The fourth-order valence-electron chi connectivity index (χ4n) is 4.63. The molecule has 1 aliphatic heterocycles. The van der Waals surface area contributed by atoms with E-state index in [9.17, 15) is 19.5 Å². The SMILES string of the molecule is O=C(NC1CCN(C(=O)[C@@H]2CCC(C(=O)O)c3ccccc32)CC1)c1ccccc1. The van der Waals surface area contributed by atoms with Crippen molar-refractivity contribution in [2.24, 2.45) is 0 Å². The summed E-state index contributed by atoms with van der Waals surface area (Å²) >= 11 is 0. The Hall–Kier alpha value is -3.15. The van der Waals surface area contributed by atoms with Gasteiger partial charge in [0.05, 0.1) is 11.8 Å². The lowest BCUT2D eigenvalue weighted by Crippen LogP contribution is -2.48. The van der Waals surface area contributed by atoms with Crippen molar-refractivity contribution in [2.45, 2.75) is 43.6 Å². The van der Waals surface area contributed by atoms with E-state index in [1.807, 2.05) is 47.4 Å². The molecule has 1 unspecified atom stereocenters. The zero-order chi connectivity index (χ0) is 21.1. The summed E-state index contributed by atoms with van der Waals surface area (Å²) in [5.41, 5.74) is 2.25. The Labute approximate surface area is 175 Å². The Morgan fingerprint density at radius 3 is 2.00 bits per heavy atom. The number of hydrogen-bond donors (Lipinski definition) is 2. The van der Waals surface area contributed by atoms with Crippen LogP contribution in [0.5, 0.6) is 0 Å². The fraction of sp³-hybridized carbons (Fsp3) is 0.375. The highest BCUT2D eigenvalue weighted by Crippen LogP contribution is 2.40. The lowest BCUT2D eigenvalue weighted by Gasteiger charge is -2.37. The molecule has 2 atom stereocenters. The molecule has 1 saturated heterocycles. The minimum atomic E-state index is -0.830. The maximum absolute atomic E-state index is 13.2. The summed E-state index contributed by atoms with van der Waals surface area (Å²) in [7, 11) is 0. The summed E-state index contributed by atoms with van der Waals surface area (Å²) in [4.78, 5) is 39.1. The smallest absolute Gasteiger partial charge is 0.310 e. The highest BCUT2D eigenvalue weighted by molar-refractivity contribution is 5.94. The number of carbonyl (C=O) groups excluding carboxylic acids is 2. The molecule has 2 N–H and O–H groups in total. The summed E-state index contributed by atoms with van der Waals surface area (Å²) < 4.78 is 0. The number of carbonyl (C=O) groups is 3. The van der Waals surface area contributed by atoms with E-state index in [1.54, 1.807) is 12.1 Å². The van der Waals surface area contributed by atoms with Crippen LogP contribution in [0, 0.1) is 0 Å². The topological polar surface area (TPSA) is 86.7 Å². The van der Waals surface area contributed by atoms with E-state index in [0.717, 1.165) is 24.0 Å². The highest BCUT2D eigenvalue weighted by Gasteiger charge is 2.37. The number of benzene rings is 2. The van der Waals surface area contributed by atoms with Gasteiger partial charge in [0.25, 0.3) is 5.91 Å². The summed E-state index contributed by atoms with van der Waals surface area (Å²) in [5, 5.41) is 12.6. The summed E-state index contributed by atoms with van der Waals surface area (Å²) in [6.07, 6.45) is 2.47. The molecule has 0 bridgehead atoms. The van der Waals surface area contributed by atoms with Gasteiger partial charge in [-0.2, -0.15) is 0 Å². The number of carboxylic acids is 1. The van der Waals surface area contributed by atoms with Crippen molar-refractivity contribution >= 4 is 17.8 Å². The van der Waals surface area contributed by atoms with Crippen molar-refractivity contribution in [1.29, 1.82) is 0 Å². The Balaban J connectivity index is 1.38. The summed E-state index contributed by atoms with van der Waals surface area (Å²) in [6.45, 7) is 1.19. The van der Waals surface area contributed by atoms with Crippen LogP contribution < -0.4 is 5.32 Å². The van der Waals surface area contributed by atoms with Gasteiger partial charge in [0, 0.05) is 24.7 Å². The molecule has 2 aromatic carbocycles. The van der Waals surface area contributed by atoms with Crippen molar-refractivity contribution in [3.05, 3.63) is 71.3 Å². The maximum atomic E-state index is 13.2. The van der Waals surface area contributed by atoms with Crippen molar-refractivity contribution in [3.63, 3.8) is 0 Å². The fourth-order valence-corrected chi connectivity index (χ4v) is 4.63. The van der Waals surface area contributed by atoms with Crippen molar-refractivity contribution in [3.8, 4) is 0 Å². The molecular formula is C24H26N2O4. The number of rotatable bonds is 4. The Bertz CT molecular complexity index is 935. The van der Waals surface area contributed by atoms with Crippen LogP contribution in [0.1, 0.15) is 59.0 Å². The highest BCUT2D eigenvalue weighted by atomic mass is 16.4. The van der Waals surface area contributed by atoms with Crippen LogP contribution in [0.25, 0.3) is 0 Å². The minimum absolute atomic E-state index is 0.0526. The molecule has 6 nitrogen and oxygen atoms in total. The molecule has 6 heteroatoms. The minimum Gasteiger partial charge on any atom is -0.481 e. The predicted octanol–water partition coefficient (Wildman–Crippen LogP) is 3.15. The lowest BCUT2D eigenvalue weighted by molar-refractivity contribution is -0.140. The van der Waals surface area contributed by atoms with Gasteiger partial charge in [0.2, 0.25) is 5.91 Å². The molecule has 30 heavy (non-hydrogen) atoms. The van der Waals surface area contributed by atoms with Crippen LogP contribution in [0.2, 0.25) is 0 Å². The third-order valence-electron chi connectivity index (χ3n) is 6.26. The standard InChI is InChI=1S/C24H26N2O4/c27-22(16-6-2-1-3-7-16)25-17-12-14-26(15-13-17)23(28)20-10-11-21(24(29)30)19-9-5-4-8-18(19)20/h1-9,17,20-21H,10-15H2,(H,25,27)(H,29,30)/t20-,21?/m1/s1. The Morgan fingerprint density at radius 1 is 0.800 bits per heavy atom. The van der Waals surface area contributed by atoms with Crippen LogP contribution in [0.15, 0.2) is 54.6 Å². The summed E-state index contributed by atoms with van der Waals surface area (Å²) in [5.74, 6) is -1.67. The Morgan fingerprint density at radius 2 is 1.37 bits per heavy atom. The number of aliphatic carboxylic acids is 1. The van der Waals surface area contributed by atoms with Gasteiger partial charge in [-0.25, -0.2) is 0 Å². The van der Waals surface area contributed by atoms with Gasteiger partial charge in [-0.3, -0.25) is 14.4 Å². The van der Waals surface area contributed by atoms with Crippen LogP contribution in [-0.2, 0) is 9.59 Å². The first-order valence-electron chi connectivity index (χ1n) is 10.5. The van der Waals surface area contributed by atoms with Gasteiger partial charge in [0.1, 0.15) is 0 Å². The van der Waals surface area contributed by atoms with Gasteiger partial charge in [0.15, 0.2) is 0 Å². The third kappa shape index (κ3) is 4.08. The van der Waals surface area contributed by atoms with Crippen LogP contribution in [0.4, 0.5) is 0 Å². The van der Waals surface area contributed by atoms with Gasteiger partial charge in [-0.1, -0.05) is 42.5 Å². The molecule has 2 aromatic rings. The largest absolute Gasteiger partial charge is 0.481 e. The van der Waals surface area contributed by atoms with Crippen LogP contribution in [-0.4, -0.2) is 46.9 Å². The zero-order valence-corrected chi connectivity index (χ0v) is 16.8. The first-order chi connectivity index (χ1) is 14.5. The third-order valence-corrected chi connectivity index (χ3v) is 6.26. The molecule has 156 valence electrons. The van der Waals surface area contributed by atoms with E-state index in [-0.39, 0.29) is 23.8 Å². The first-order valence-corrected chi connectivity index (χ1v) is 10.5. The predicted molar refractivity (Wildman–Crippen MR) is 112 cm³/mol. The molecule has 1 heterocycles. The van der Waals surface area contributed by atoms with Gasteiger partial charge < -0.3 is 15.3 Å². The molecule has 2 amide bonds. The van der Waals surface area contributed by atoms with Crippen molar-refractivity contribution in [1.82, 2.24) is 10.2 Å². The number of fused-ring (bicyclic) bond motifs is 1. The van der Waals surface area contributed by atoms with Gasteiger partial charge >= 0.3 is 5.97 Å². The quantitative estimate of drug-likeness (QED) is 0.817. The molecule has 1 aliphatic carbocycles. The summed E-state index contributed by atoms with van der Waals surface area (Å²) in [6, 6.07) is 16.6. The number of nitrogens with one attached hydrogen (secondary N) is 1. The van der Waals surface area contributed by atoms with Crippen LogP contribution >= 0.6 is 0 Å². The monoisotopic (exact) mass is 406 g/mol. The average molecular weight is 406 g/mol. The second kappa shape index (κ2) is 8.69. The molecule has 1 fully saturated rings. The van der Waals surface area contributed by atoms with Crippen molar-refractivity contribution in [2.75, 3.05) is 13.1 Å². The van der Waals surface area contributed by atoms with Crippen molar-refractivity contribution < 1.29 is 19.5 Å². The zero-order valence-electron chi connectivity index (χ0n) is 16.8. The molecule has 0 radical (unpaired) electrons. The van der Waals surface area contributed by atoms with E-state index in [4.69, 9.17) is 0 Å². The van der Waals surface area contributed by atoms with E-state index in [1.165, 1.54) is 0 Å². The molecule has 4 rings (SSSR count). The number of likely N-dealkylation sites (tertiary alicyclic amines) is 1. The molecule has 2 aliphatic rings. The number of nitrogens with zero attached hydrogens (tertiary/aromatic N) is 1. The van der Waals surface area contributed by atoms with Crippen LogP contribution in [0.3, 0.4) is 0 Å². The molecular weight excluding hydrogens is 380 g/mol. The van der Waals surface area contributed by atoms with E-state index in [2.05, 4.69) is 5.32 Å². The number of piperidine rings is 1. The van der Waals surface area contributed by atoms with E-state index < -0.39 is 11.9 Å². The number of carboxylic acid groups (broad SMARTS) is 1. The molecule has 0 saturated carbocycles.